The molecule has 112 valence electrons. The number of piperazine rings is 1. The van der Waals surface area contributed by atoms with E-state index in [2.05, 4.69) is 14.9 Å². The maximum Gasteiger partial charge on any atom is 0.233 e. The summed E-state index contributed by atoms with van der Waals surface area (Å²) in [6.45, 7) is 3.92. The molecule has 0 spiro atoms. The lowest BCUT2D eigenvalue weighted by atomic mass is 10.3. The van der Waals surface area contributed by atoms with Crippen molar-refractivity contribution in [3.63, 3.8) is 0 Å². The SMILES string of the molecule is O=S(=O)(CCN1CCNCC1)Nc1ccc(F)c(Cl)c1. The zero-order valence-corrected chi connectivity index (χ0v) is 12.5. The van der Waals surface area contributed by atoms with E-state index in [1.54, 1.807) is 0 Å². The van der Waals surface area contributed by atoms with Crippen molar-refractivity contribution in [3.05, 3.63) is 29.0 Å². The smallest absolute Gasteiger partial charge is 0.233 e. The molecule has 20 heavy (non-hydrogen) atoms. The van der Waals surface area contributed by atoms with E-state index >= 15 is 0 Å². The fourth-order valence-corrected chi connectivity index (χ4v) is 3.24. The molecule has 1 heterocycles. The molecule has 1 saturated heterocycles. The van der Waals surface area contributed by atoms with Crippen molar-refractivity contribution in [2.24, 2.45) is 0 Å². The van der Waals surface area contributed by atoms with Gasteiger partial charge in [0.15, 0.2) is 0 Å². The van der Waals surface area contributed by atoms with Crippen molar-refractivity contribution >= 4 is 27.3 Å². The van der Waals surface area contributed by atoms with Gasteiger partial charge < -0.3 is 5.32 Å². The van der Waals surface area contributed by atoms with Crippen molar-refractivity contribution in [2.45, 2.75) is 0 Å². The molecule has 0 atom stereocenters. The Hall–Kier alpha value is -0.890. The van der Waals surface area contributed by atoms with E-state index in [9.17, 15) is 12.8 Å². The lowest BCUT2D eigenvalue weighted by molar-refractivity contribution is 0.254. The Labute approximate surface area is 123 Å². The first-order valence-electron chi connectivity index (χ1n) is 6.35. The number of nitrogens with one attached hydrogen (secondary N) is 2. The van der Waals surface area contributed by atoms with Crippen molar-refractivity contribution in [2.75, 3.05) is 43.2 Å². The maximum absolute atomic E-state index is 13.0. The number of hydrogen-bond acceptors (Lipinski definition) is 4. The first kappa shape index (κ1) is 15.5. The van der Waals surface area contributed by atoms with E-state index < -0.39 is 15.8 Å². The van der Waals surface area contributed by atoms with Gasteiger partial charge in [0.2, 0.25) is 10.0 Å². The minimum Gasteiger partial charge on any atom is -0.314 e. The summed E-state index contributed by atoms with van der Waals surface area (Å²) in [6, 6.07) is 3.75. The molecular formula is C12H17ClFN3O2S. The fourth-order valence-electron chi connectivity index (χ4n) is 1.97. The molecule has 0 saturated carbocycles. The van der Waals surface area contributed by atoms with Crippen LogP contribution in [-0.4, -0.2) is 51.8 Å². The van der Waals surface area contributed by atoms with E-state index in [1.165, 1.54) is 12.1 Å². The van der Waals surface area contributed by atoms with Gasteiger partial charge in [-0.15, -0.1) is 0 Å². The number of benzene rings is 1. The van der Waals surface area contributed by atoms with E-state index in [1.807, 2.05) is 0 Å². The molecule has 0 bridgehead atoms. The summed E-state index contributed by atoms with van der Waals surface area (Å²) in [5, 5.41) is 3.10. The highest BCUT2D eigenvalue weighted by Crippen LogP contribution is 2.20. The van der Waals surface area contributed by atoms with E-state index in [0.717, 1.165) is 32.2 Å². The van der Waals surface area contributed by atoms with Crippen LogP contribution < -0.4 is 10.0 Å². The number of sulfonamides is 1. The van der Waals surface area contributed by atoms with Crippen LogP contribution in [-0.2, 0) is 10.0 Å². The third-order valence-electron chi connectivity index (χ3n) is 3.08. The van der Waals surface area contributed by atoms with Crippen molar-refractivity contribution in [3.8, 4) is 0 Å². The molecule has 5 nitrogen and oxygen atoms in total. The minimum absolute atomic E-state index is 0.00198. The minimum atomic E-state index is -3.46. The monoisotopic (exact) mass is 321 g/mol. The number of halogens is 2. The van der Waals surface area contributed by atoms with Gasteiger partial charge in [0.1, 0.15) is 5.82 Å². The Morgan fingerprint density at radius 2 is 2.05 bits per heavy atom. The van der Waals surface area contributed by atoms with E-state index in [4.69, 9.17) is 11.6 Å². The van der Waals surface area contributed by atoms with Gasteiger partial charge >= 0.3 is 0 Å². The lowest BCUT2D eigenvalue weighted by Gasteiger charge is -2.26. The fraction of sp³-hybridized carbons (Fsp3) is 0.500. The van der Waals surface area contributed by atoms with Crippen LogP contribution in [0.2, 0.25) is 5.02 Å². The highest BCUT2D eigenvalue weighted by Gasteiger charge is 2.16. The molecule has 0 unspecified atom stereocenters. The molecule has 1 aliphatic heterocycles. The normalized spacial score (nSPS) is 17.1. The second-order valence-electron chi connectivity index (χ2n) is 4.64. The van der Waals surface area contributed by atoms with Gasteiger partial charge in [-0.3, -0.25) is 9.62 Å². The molecule has 1 aromatic rings. The second kappa shape index (κ2) is 6.71. The van der Waals surface area contributed by atoms with Crippen molar-refractivity contribution in [1.82, 2.24) is 10.2 Å². The summed E-state index contributed by atoms with van der Waals surface area (Å²) >= 11 is 5.62. The number of hydrogen-bond donors (Lipinski definition) is 2. The summed E-state index contributed by atoms with van der Waals surface area (Å²) in [7, 11) is -3.46. The first-order chi connectivity index (χ1) is 9.46. The molecule has 1 aliphatic rings. The molecule has 1 aromatic carbocycles. The molecule has 0 aliphatic carbocycles. The molecule has 2 rings (SSSR count). The second-order valence-corrected chi connectivity index (χ2v) is 6.89. The average Bonchev–Trinajstić information content (AvgIpc) is 2.42. The largest absolute Gasteiger partial charge is 0.314 e. The lowest BCUT2D eigenvalue weighted by Crippen LogP contribution is -2.45. The molecule has 8 heteroatoms. The summed E-state index contributed by atoms with van der Waals surface area (Å²) in [5.41, 5.74) is 0.275. The summed E-state index contributed by atoms with van der Waals surface area (Å²) in [6.07, 6.45) is 0. The highest BCUT2D eigenvalue weighted by molar-refractivity contribution is 7.92. The van der Waals surface area contributed by atoms with Crippen LogP contribution in [0.25, 0.3) is 0 Å². The molecular weight excluding hydrogens is 305 g/mol. The van der Waals surface area contributed by atoms with Crippen LogP contribution in [0.4, 0.5) is 10.1 Å². The van der Waals surface area contributed by atoms with Crippen LogP contribution in [0.1, 0.15) is 0 Å². The summed E-state index contributed by atoms with van der Waals surface area (Å²) in [4.78, 5) is 2.09. The maximum atomic E-state index is 13.0. The van der Waals surface area contributed by atoms with Crippen LogP contribution >= 0.6 is 11.6 Å². The standard InChI is InChI=1S/C12H17ClFN3O2S/c13-11-9-10(1-2-12(11)14)16-20(18,19)8-7-17-5-3-15-4-6-17/h1-2,9,15-16H,3-8H2. The Balaban J connectivity index is 1.91. The van der Waals surface area contributed by atoms with Gasteiger partial charge in [-0.2, -0.15) is 0 Å². The molecule has 1 fully saturated rings. The number of rotatable bonds is 5. The van der Waals surface area contributed by atoms with Crippen LogP contribution in [0.15, 0.2) is 18.2 Å². The molecule has 2 N–H and O–H groups in total. The number of nitrogens with zero attached hydrogens (tertiary/aromatic N) is 1. The Morgan fingerprint density at radius 1 is 1.35 bits per heavy atom. The van der Waals surface area contributed by atoms with Crippen molar-refractivity contribution < 1.29 is 12.8 Å². The predicted molar refractivity (Wildman–Crippen MR) is 78.1 cm³/mol. The summed E-state index contributed by atoms with van der Waals surface area (Å²) < 4.78 is 39.3. The van der Waals surface area contributed by atoms with Gasteiger partial charge in [0, 0.05) is 32.7 Å². The molecule has 0 aromatic heterocycles. The number of anilines is 1. The zero-order chi connectivity index (χ0) is 14.6. The van der Waals surface area contributed by atoms with Gasteiger partial charge in [-0.1, -0.05) is 11.6 Å². The zero-order valence-electron chi connectivity index (χ0n) is 10.9. The van der Waals surface area contributed by atoms with Gasteiger partial charge in [-0.25, -0.2) is 12.8 Å². The predicted octanol–water partition coefficient (Wildman–Crippen LogP) is 1.13. The van der Waals surface area contributed by atoms with Crippen molar-refractivity contribution in [1.29, 1.82) is 0 Å². The van der Waals surface area contributed by atoms with Gasteiger partial charge in [0.05, 0.1) is 16.5 Å². The van der Waals surface area contributed by atoms with Gasteiger partial charge in [0.25, 0.3) is 0 Å². The van der Waals surface area contributed by atoms with Gasteiger partial charge in [-0.05, 0) is 18.2 Å². The Bertz CT molecular complexity index is 562. The van der Waals surface area contributed by atoms with E-state index in [0.29, 0.717) is 6.54 Å². The third kappa shape index (κ3) is 4.59. The Morgan fingerprint density at radius 3 is 2.70 bits per heavy atom. The highest BCUT2D eigenvalue weighted by atomic mass is 35.5. The third-order valence-corrected chi connectivity index (χ3v) is 4.64. The van der Waals surface area contributed by atoms with Crippen LogP contribution in [0, 0.1) is 5.82 Å². The molecule has 0 radical (unpaired) electrons. The van der Waals surface area contributed by atoms with Crippen LogP contribution in [0.3, 0.4) is 0 Å². The van der Waals surface area contributed by atoms with E-state index in [-0.39, 0.29) is 16.5 Å². The molecule has 0 amide bonds. The Kier molecular flexibility index (Phi) is 5.20. The topological polar surface area (TPSA) is 61.4 Å². The van der Waals surface area contributed by atoms with Crippen LogP contribution in [0.5, 0.6) is 0 Å². The quantitative estimate of drug-likeness (QED) is 0.853. The summed E-state index contributed by atoms with van der Waals surface area (Å²) in [5.74, 6) is -0.572. The first-order valence-corrected chi connectivity index (χ1v) is 8.38. The average molecular weight is 322 g/mol.